The molecule has 0 atom stereocenters. The highest BCUT2D eigenvalue weighted by Gasteiger charge is 1.98. The number of fused-ring (bicyclic) bond motifs is 1. The molecule has 2 aromatic heterocycles. The number of nitrogens with zero attached hydrogens (tertiary/aromatic N) is 2. The fourth-order valence-corrected chi connectivity index (χ4v) is 1.64. The number of rotatable bonds is 0. The summed E-state index contributed by atoms with van der Waals surface area (Å²) in [6.45, 7) is 6.00. The average molecular weight is 180 g/mol. The maximum absolute atomic E-state index is 4.17. The molecule has 2 nitrogen and oxygen atoms in total. The van der Waals surface area contributed by atoms with Crippen molar-refractivity contribution in [2.24, 2.45) is 0 Å². The monoisotopic (exact) mass is 180 g/mol. The first-order chi connectivity index (χ1) is 5.88. The van der Waals surface area contributed by atoms with E-state index in [1.54, 1.807) is 6.20 Å². The van der Waals surface area contributed by atoms with Gasteiger partial charge in [-0.05, 0) is 30.6 Å². The predicted octanol–water partition coefficient (Wildman–Crippen LogP) is 3.03. The zero-order chi connectivity index (χ0) is 8.97. The summed E-state index contributed by atoms with van der Waals surface area (Å²) in [6.07, 6.45) is 1.79. The second-order valence-corrected chi connectivity index (χ2v) is 2.88. The minimum atomic E-state index is 1.03. The van der Waals surface area contributed by atoms with E-state index in [9.17, 15) is 0 Å². The van der Waals surface area contributed by atoms with Gasteiger partial charge in [-0.1, -0.05) is 13.8 Å². The number of aryl methyl sites for hydroxylation is 1. The van der Waals surface area contributed by atoms with E-state index in [0.29, 0.717) is 0 Å². The van der Waals surface area contributed by atoms with Crippen LogP contribution in [-0.2, 0) is 0 Å². The molecule has 64 valence electrons. The zero-order valence-corrected chi connectivity index (χ0v) is 8.35. The summed E-state index contributed by atoms with van der Waals surface area (Å²) in [5.41, 5.74) is 1.08. The normalized spacial score (nSPS) is 9.25. The van der Waals surface area contributed by atoms with E-state index in [-0.39, 0.29) is 0 Å². The van der Waals surface area contributed by atoms with Crippen molar-refractivity contribution in [3.63, 3.8) is 0 Å². The largest absolute Gasteiger partial charge is 0.244 e. The zero-order valence-electron chi connectivity index (χ0n) is 7.53. The number of pyridine rings is 1. The third-order valence-corrected chi connectivity index (χ3v) is 2.29. The summed E-state index contributed by atoms with van der Waals surface area (Å²) in [6, 6.07) is 3.98. The Labute approximate surface area is 76.4 Å². The van der Waals surface area contributed by atoms with Crippen molar-refractivity contribution >= 4 is 21.7 Å². The maximum atomic E-state index is 4.17. The van der Waals surface area contributed by atoms with Gasteiger partial charge in [-0.25, -0.2) is 4.98 Å². The molecule has 0 radical (unpaired) electrons. The molecule has 0 saturated carbocycles. The van der Waals surface area contributed by atoms with Gasteiger partial charge in [0.1, 0.15) is 4.83 Å². The molecule has 0 bridgehead atoms. The molecule has 0 unspecified atom stereocenters. The first-order valence-corrected chi connectivity index (χ1v) is 4.82. The van der Waals surface area contributed by atoms with Crippen LogP contribution in [0, 0.1) is 6.92 Å². The lowest BCUT2D eigenvalue weighted by atomic mass is 10.3. The summed E-state index contributed by atoms with van der Waals surface area (Å²) < 4.78 is 4.17. The molecule has 0 saturated heterocycles. The van der Waals surface area contributed by atoms with Crippen LogP contribution in [0.2, 0.25) is 0 Å². The van der Waals surface area contributed by atoms with Crippen LogP contribution in [-0.4, -0.2) is 9.36 Å². The number of hydrogen-bond acceptors (Lipinski definition) is 3. The predicted molar refractivity (Wildman–Crippen MR) is 53.5 cm³/mol. The van der Waals surface area contributed by atoms with Gasteiger partial charge in [0, 0.05) is 11.6 Å². The molecule has 0 spiro atoms. The van der Waals surface area contributed by atoms with Crippen LogP contribution < -0.4 is 0 Å². The van der Waals surface area contributed by atoms with Gasteiger partial charge in [-0.15, -0.1) is 0 Å². The SMILES string of the molecule is CC.Cc1nsc2ncccc12. The first kappa shape index (κ1) is 9.13. The fourth-order valence-electron chi connectivity index (χ4n) is 0.900. The topological polar surface area (TPSA) is 25.8 Å². The molecule has 0 aliphatic carbocycles. The second-order valence-electron chi connectivity index (χ2n) is 2.12. The van der Waals surface area contributed by atoms with Crippen LogP contribution >= 0.6 is 11.5 Å². The molecule has 0 N–H and O–H groups in total. The van der Waals surface area contributed by atoms with E-state index in [1.807, 2.05) is 32.9 Å². The van der Waals surface area contributed by atoms with Gasteiger partial charge in [-0.2, -0.15) is 4.37 Å². The molecular formula is C9H12N2S. The Morgan fingerprint density at radius 3 is 2.75 bits per heavy atom. The van der Waals surface area contributed by atoms with Crippen molar-refractivity contribution in [2.75, 3.05) is 0 Å². The molecule has 12 heavy (non-hydrogen) atoms. The first-order valence-electron chi connectivity index (χ1n) is 4.05. The maximum Gasteiger partial charge on any atom is 0.143 e. The van der Waals surface area contributed by atoms with E-state index >= 15 is 0 Å². The Kier molecular flexibility index (Phi) is 3.17. The van der Waals surface area contributed by atoms with Crippen molar-refractivity contribution in [2.45, 2.75) is 20.8 Å². The summed E-state index contributed by atoms with van der Waals surface area (Å²) >= 11 is 1.45. The van der Waals surface area contributed by atoms with Crippen LogP contribution in [0.4, 0.5) is 0 Å². The molecule has 3 heteroatoms. The minimum Gasteiger partial charge on any atom is -0.244 e. The van der Waals surface area contributed by atoms with E-state index in [0.717, 1.165) is 10.5 Å². The summed E-state index contributed by atoms with van der Waals surface area (Å²) in [4.78, 5) is 5.19. The van der Waals surface area contributed by atoms with Crippen molar-refractivity contribution in [1.82, 2.24) is 9.36 Å². The molecule has 0 fully saturated rings. The van der Waals surface area contributed by atoms with Gasteiger partial charge < -0.3 is 0 Å². The van der Waals surface area contributed by atoms with Crippen LogP contribution in [0.1, 0.15) is 19.5 Å². The Morgan fingerprint density at radius 1 is 1.33 bits per heavy atom. The van der Waals surface area contributed by atoms with Crippen LogP contribution in [0.5, 0.6) is 0 Å². The molecule has 0 aliphatic rings. The van der Waals surface area contributed by atoms with Crippen LogP contribution in [0.25, 0.3) is 10.2 Å². The molecule has 0 amide bonds. The number of aromatic nitrogens is 2. The molecular weight excluding hydrogens is 168 g/mol. The lowest BCUT2D eigenvalue weighted by molar-refractivity contribution is 1.37. The minimum absolute atomic E-state index is 1.03. The van der Waals surface area contributed by atoms with E-state index in [4.69, 9.17) is 0 Å². The van der Waals surface area contributed by atoms with E-state index < -0.39 is 0 Å². The van der Waals surface area contributed by atoms with Crippen molar-refractivity contribution < 1.29 is 0 Å². The Morgan fingerprint density at radius 2 is 2.08 bits per heavy atom. The average Bonchev–Trinajstić information content (AvgIpc) is 2.53. The van der Waals surface area contributed by atoms with Crippen molar-refractivity contribution in [3.8, 4) is 0 Å². The molecule has 2 heterocycles. The molecule has 0 aliphatic heterocycles. The molecule has 2 rings (SSSR count). The highest BCUT2D eigenvalue weighted by Crippen LogP contribution is 2.18. The third kappa shape index (κ3) is 1.61. The van der Waals surface area contributed by atoms with E-state index in [2.05, 4.69) is 9.36 Å². The molecule has 2 aromatic rings. The summed E-state index contributed by atoms with van der Waals surface area (Å²) in [7, 11) is 0. The van der Waals surface area contributed by atoms with Crippen molar-refractivity contribution in [1.29, 1.82) is 0 Å². The standard InChI is InChI=1S/C7H6N2S.C2H6/c1-5-6-3-2-4-8-7(6)10-9-5;1-2/h2-4H,1H3;1-2H3. The summed E-state index contributed by atoms with van der Waals surface area (Å²) in [5, 5.41) is 1.17. The Balaban J connectivity index is 0.000000336. The summed E-state index contributed by atoms with van der Waals surface area (Å²) in [5.74, 6) is 0. The van der Waals surface area contributed by atoms with Crippen LogP contribution in [0.3, 0.4) is 0 Å². The Hall–Kier alpha value is -0.960. The van der Waals surface area contributed by atoms with Gasteiger partial charge in [0.25, 0.3) is 0 Å². The van der Waals surface area contributed by atoms with Gasteiger partial charge in [0.2, 0.25) is 0 Å². The third-order valence-electron chi connectivity index (χ3n) is 1.43. The lowest BCUT2D eigenvalue weighted by Gasteiger charge is -1.83. The smallest absolute Gasteiger partial charge is 0.143 e. The van der Waals surface area contributed by atoms with E-state index in [1.165, 1.54) is 16.9 Å². The fraction of sp³-hybridized carbons (Fsp3) is 0.333. The Bertz CT molecular complexity index is 354. The van der Waals surface area contributed by atoms with Crippen LogP contribution in [0.15, 0.2) is 18.3 Å². The highest BCUT2D eigenvalue weighted by molar-refractivity contribution is 7.12. The van der Waals surface area contributed by atoms with Crippen molar-refractivity contribution in [3.05, 3.63) is 24.0 Å². The second kappa shape index (κ2) is 4.16. The highest BCUT2D eigenvalue weighted by atomic mass is 32.1. The quantitative estimate of drug-likeness (QED) is 0.622. The van der Waals surface area contributed by atoms with Gasteiger partial charge in [0.05, 0.1) is 5.69 Å². The van der Waals surface area contributed by atoms with Gasteiger partial charge in [0.15, 0.2) is 0 Å². The van der Waals surface area contributed by atoms with Gasteiger partial charge >= 0.3 is 0 Å². The number of hydrogen-bond donors (Lipinski definition) is 0. The molecule has 0 aromatic carbocycles. The lowest BCUT2D eigenvalue weighted by Crippen LogP contribution is -1.70. The van der Waals surface area contributed by atoms with Gasteiger partial charge in [-0.3, -0.25) is 0 Å².